The van der Waals surface area contributed by atoms with Crippen molar-refractivity contribution in [2.24, 2.45) is 11.7 Å². The van der Waals surface area contributed by atoms with E-state index >= 15 is 0 Å². The lowest BCUT2D eigenvalue weighted by Gasteiger charge is -2.19. The minimum absolute atomic E-state index is 0.169. The van der Waals surface area contributed by atoms with Crippen LogP contribution in [0.4, 0.5) is 10.1 Å². The SMILES string of the molecule is CCC(N)CC1CCN(c2ccc(F)cc2)C1. The first-order valence-corrected chi connectivity index (χ1v) is 6.45. The van der Waals surface area contributed by atoms with E-state index in [0.29, 0.717) is 12.0 Å². The Morgan fingerprint density at radius 3 is 2.76 bits per heavy atom. The number of hydrogen-bond donors (Lipinski definition) is 1. The molecule has 2 atom stereocenters. The molecule has 1 fully saturated rings. The van der Waals surface area contributed by atoms with Crippen LogP contribution in [0, 0.1) is 11.7 Å². The third-order valence-corrected chi connectivity index (χ3v) is 3.64. The zero-order valence-electron chi connectivity index (χ0n) is 10.4. The van der Waals surface area contributed by atoms with Crippen LogP contribution in [0.3, 0.4) is 0 Å². The van der Waals surface area contributed by atoms with Crippen molar-refractivity contribution in [1.82, 2.24) is 0 Å². The van der Waals surface area contributed by atoms with E-state index in [0.717, 1.165) is 31.6 Å². The van der Waals surface area contributed by atoms with Gasteiger partial charge in [0.15, 0.2) is 0 Å². The lowest BCUT2D eigenvalue weighted by Crippen LogP contribution is -2.25. The Kier molecular flexibility index (Phi) is 4.00. The van der Waals surface area contributed by atoms with Gasteiger partial charge in [-0.05, 0) is 49.4 Å². The van der Waals surface area contributed by atoms with Gasteiger partial charge in [-0.1, -0.05) is 6.92 Å². The number of halogens is 1. The Bertz CT molecular complexity index is 350. The summed E-state index contributed by atoms with van der Waals surface area (Å²) >= 11 is 0. The molecule has 0 aliphatic carbocycles. The van der Waals surface area contributed by atoms with Gasteiger partial charge in [-0.15, -0.1) is 0 Å². The van der Waals surface area contributed by atoms with E-state index in [1.807, 2.05) is 12.1 Å². The first kappa shape index (κ1) is 12.4. The molecule has 17 heavy (non-hydrogen) atoms. The average molecular weight is 236 g/mol. The molecule has 0 spiro atoms. The average Bonchev–Trinajstić information content (AvgIpc) is 2.78. The second kappa shape index (κ2) is 5.50. The van der Waals surface area contributed by atoms with Crippen LogP contribution < -0.4 is 10.6 Å². The Morgan fingerprint density at radius 1 is 1.41 bits per heavy atom. The third kappa shape index (κ3) is 3.19. The maximum Gasteiger partial charge on any atom is 0.123 e. The Balaban J connectivity index is 1.91. The van der Waals surface area contributed by atoms with Gasteiger partial charge in [0.25, 0.3) is 0 Å². The summed E-state index contributed by atoms with van der Waals surface area (Å²) in [6.07, 6.45) is 3.35. The van der Waals surface area contributed by atoms with Crippen molar-refractivity contribution in [2.75, 3.05) is 18.0 Å². The fourth-order valence-corrected chi connectivity index (χ4v) is 2.51. The second-order valence-corrected chi connectivity index (χ2v) is 4.98. The zero-order valence-corrected chi connectivity index (χ0v) is 10.4. The predicted molar refractivity (Wildman–Crippen MR) is 69.6 cm³/mol. The van der Waals surface area contributed by atoms with Crippen LogP contribution in [0.5, 0.6) is 0 Å². The van der Waals surface area contributed by atoms with Crippen LogP contribution in [0.1, 0.15) is 26.2 Å². The Labute approximate surface area is 103 Å². The molecule has 3 heteroatoms. The van der Waals surface area contributed by atoms with Crippen molar-refractivity contribution < 1.29 is 4.39 Å². The second-order valence-electron chi connectivity index (χ2n) is 4.98. The molecule has 1 saturated heterocycles. The summed E-state index contributed by atoms with van der Waals surface area (Å²) in [7, 11) is 0. The minimum atomic E-state index is -0.169. The lowest BCUT2D eigenvalue weighted by molar-refractivity contribution is 0.458. The number of rotatable bonds is 4. The highest BCUT2D eigenvalue weighted by atomic mass is 19.1. The molecule has 0 bridgehead atoms. The summed E-state index contributed by atoms with van der Waals surface area (Å²) in [4.78, 5) is 2.33. The van der Waals surface area contributed by atoms with E-state index in [-0.39, 0.29) is 5.82 Å². The smallest absolute Gasteiger partial charge is 0.123 e. The zero-order chi connectivity index (χ0) is 12.3. The van der Waals surface area contributed by atoms with Gasteiger partial charge in [-0.25, -0.2) is 4.39 Å². The molecule has 1 aromatic carbocycles. The third-order valence-electron chi connectivity index (χ3n) is 3.64. The highest BCUT2D eigenvalue weighted by molar-refractivity contribution is 5.47. The molecule has 0 aromatic heterocycles. The molecule has 2 N–H and O–H groups in total. The molecule has 2 nitrogen and oxygen atoms in total. The van der Waals surface area contributed by atoms with E-state index in [9.17, 15) is 4.39 Å². The van der Waals surface area contributed by atoms with Crippen LogP contribution >= 0.6 is 0 Å². The monoisotopic (exact) mass is 236 g/mol. The van der Waals surface area contributed by atoms with Crippen LogP contribution in [-0.4, -0.2) is 19.1 Å². The van der Waals surface area contributed by atoms with Crippen molar-refractivity contribution in [3.05, 3.63) is 30.1 Å². The Morgan fingerprint density at radius 2 is 2.12 bits per heavy atom. The summed E-state index contributed by atoms with van der Waals surface area (Å²) in [6.45, 7) is 4.25. The molecule has 1 heterocycles. The maximum absolute atomic E-state index is 12.8. The van der Waals surface area contributed by atoms with Gasteiger partial charge in [0, 0.05) is 24.8 Å². The molecule has 1 aromatic rings. The van der Waals surface area contributed by atoms with Crippen molar-refractivity contribution in [3.8, 4) is 0 Å². The number of hydrogen-bond acceptors (Lipinski definition) is 2. The molecule has 1 aliphatic rings. The van der Waals surface area contributed by atoms with Crippen LogP contribution in [0.25, 0.3) is 0 Å². The van der Waals surface area contributed by atoms with Gasteiger partial charge in [0.05, 0.1) is 0 Å². The van der Waals surface area contributed by atoms with Gasteiger partial charge >= 0.3 is 0 Å². The molecule has 2 unspecified atom stereocenters. The van der Waals surface area contributed by atoms with E-state index in [4.69, 9.17) is 5.73 Å². The van der Waals surface area contributed by atoms with Gasteiger partial charge in [0.1, 0.15) is 5.82 Å². The molecule has 94 valence electrons. The van der Waals surface area contributed by atoms with Gasteiger partial charge in [0.2, 0.25) is 0 Å². The summed E-state index contributed by atoms with van der Waals surface area (Å²) < 4.78 is 12.8. The predicted octanol–water partition coefficient (Wildman–Crippen LogP) is 2.78. The summed E-state index contributed by atoms with van der Waals surface area (Å²) in [6, 6.07) is 7.10. The molecular weight excluding hydrogens is 215 g/mol. The highest BCUT2D eigenvalue weighted by Crippen LogP contribution is 2.26. The quantitative estimate of drug-likeness (QED) is 0.871. The fraction of sp³-hybridized carbons (Fsp3) is 0.571. The first-order chi connectivity index (χ1) is 8.19. The van der Waals surface area contributed by atoms with Crippen LogP contribution in [0.15, 0.2) is 24.3 Å². The normalized spacial score (nSPS) is 21.8. The first-order valence-electron chi connectivity index (χ1n) is 6.45. The summed E-state index contributed by atoms with van der Waals surface area (Å²) in [5, 5.41) is 0. The standard InChI is InChI=1S/C14H21FN2/c1-2-13(16)9-11-7-8-17(10-11)14-5-3-12(15)4-6-14/h3-6,11,13H,2,7-10,16H2,1H3. The van der Waals surface area contributed by atoms with E-state index < -0.39 is 0 Å². The van der Waals surface area contributed by atoms with Gasteiger partial charge in [-0.3, -0.25) is 0 Å². The van der Waals surface area contributed by atoms with Crippen molar-refractivity contribution >= 4 is 5.69 Å². The minimum Gasteiger partial charge on any atom is -0.371 e. The van der Waals surface area contributed by atoms with E-state index in [1.165, 1.54) is 18.6 Å². The van der Waals surface area contributed by atoms with Gasteiger partial charge < -0.3 is 10.6 Å². The molecule has 1 aliphatic heterocycles. The number of benzene rings is 1. The van der Waals surface area contributed by atoms with E-state index in [1.54, 1.807) is 0 Å². The maximum atomic E-state index is 12.8. The number of nitrogens with two attached hydrogens (primary N) is 1. The molecule has 0 amide bonds. The number of anilines is 1. The summed E-state index contributed by atoms with van der Waals surface area (Å²) in [5.74, 6) is 0.521. The van der Waals surface area contributed by atoms with Crippen molar-refractivity contribution in [2.45, 2.75) is 32.2 Å². The van der Waals surface area contributed by atoms with E-state index in [2.05, 4.69) is 11.8 Å². The fourth-order valence-electron chi connectivity index (χ4n) is 2.51. The molecule has 2 rings (SSSR count). The topological polar surface area (TPSA) is 29.3 Å². The van der Waals surface area contributed by atoms with Crippen molar-refractivity contribution in [1.29, 1.82) is 0 Å². The molecule has 0 saturated carbocycles. The lowest BCUT2D eigenvalue weighted by atomic mass is 9.98. The van der Waals surface area contributed by atoms with Crippen molar-refractivity contribution in [3.63, 3.8) is 0 Å². The number of nitrogens with zero attached hydrogens (tertiary/aromatic N) is 1. The Hall–Kier alpha value is -1.09. The van der Waals surface area contributed by atoms with Crippen LogP contribution in [-0.2, 0) is 0 Å². The van der Waals surface area contributed by atoms with Crippen LogP contribution in [0.2, 0.25) is 0 Å². The molecule has 0 radical (unpaired) electrons. The summed E-state index contributed by atoms with van der Waals surface area (Å²) in [5.41, 5.74) is 7.11. The van der Waals surface area contributed by atoms with Gasteiger partial charge in [-0.2, -0.15) is 0 Å². The molecular formula is C14H21FN2. The highest BCUT2D eigenvalue weighted by Gasteiger charge is 2.23. The largest absolute Gasteiger partial charge is 0.371 e.